The molecule has 0 spiro atoms. The highest BCUT2D eigenvalue weighted by Crippen LogP contribution is 2.34. The summed E-state index contributed by atoms with van der Waals surface area (Å²) in [4.78, 5) is 9.21. The number of nitrogens with zero attached hydrogens (tertiary/aromatic N) is 6. The number of ether oxygens (including phenoxy) is 2. The van der Waals surface area contributed by atoms with Gasteiger partial charge in [-0.1, -0.05) is 0 Å². The molecule has 2 aliphatic rings. The third-order valence-corrected chi connectivity index (χ3v) is 5.51. The van der Waals surface area contributed by atoms with Crippen molar-refractivity contribution in [1.82, 2.24) is 29.5 Å². The van der Waals surface area contributed by atoms with Crippen LogP contribution in [0.25, 0.3) is 11.0 Å². The van der Waals surface area contributed by atoms with E-state index in [-0.39, 0.29) is 6.04 Å². The van der Waals surface area contributed by atoms with Crippen LogP contribution in [0.1, 0.15) is 43.1 Å². The van der Waals surface area contributed by atoms with Gasteiger partial charge in [0.1, 0.15) is 5.69 Å². The fraction of sp³-hybridized carbons (Fsp3) is 0.579. The molecule has 2 bridgehead atoms. The van der Waals surface area contributed by atoms with Crippen LogP contribution in [0.4, 0.5) is 11.6 Å². The smallest absolute Gasteiger partial charge is 0.257 e. The van der Waals surface area contributed by atoms with E-state index in [0.29, 0.717) is 25.0 Å². The van der Waals surface area contributed by atoms with Crippen molar-refractivity contribution in [2.24, 2.45) is 0 Å². The highest BCUT2D eigenvalue weighted by molar-refractivity contribution is 5.79. The van der Waals surface area contributed by atoms with Crippen molar-refractivity contribution < 1.29 is 9.47 Å². The SMILES string of the molecule is Cc1nn2c3nc(ncc13)Nc1c(nn([C@H]3CCCCOC3)c1C)OCCC2. The summed E-state index contributed by atoms with van der Waals surface area (Å²) < 4.78 is 15.8. The lowest BCUT2D eigenvalue weighted by Crippen LogP contribution is -2.17. The zero-order chi connectivity index (χ0) is 19.1. The number of anilines is 2. The van der Waals surface area contributed by atoms with Crippen molar-refractivity contribution in [3.05, 3.63) is 17.6 Å². The second-order valence-electron chi connectivity index (χ2n) is 7.50. The second-order valence-corrected chi connectivity index (χ2v) is 7.50. The van der Waals surface area contributed by atoms with Crippen LogP contribution >= 0.6 is 0 Å². The Bertz CT molecular complexity index is 1000. The van der Waals surface area contributed by atoms with Crippen LogP contribution in [0, 0.1) is 13.8 Å². The molecule has 1 N–H and O–H groups in total. The quantitative estimate of drug-likeness (QED) is 0.691. The number of rotatable bonds is 1. The van der Waals surface area contributed by atoms with E-state index in [2.05, 4.69) is 22.3 Å². The Morgan fingerprint density at radius 3 is 3.00 bits per heavy atom. The third kappa shape index (κ3) is 2.99. The van der Waals surface area contributed by atoms with Crippen LogP contribution in [0.5, 0.6) is 5.88 Å². The van der Waals surface area contributed by atoms with Crippen molar-refractivity contribution in [3.8, 4) is 5.88 Å². The Kier molecular flexibility index (Phi) is 4.38. The van der Waals surface area contributed by atoms with Crippen molar-refractivity contribution in [3.63, 3.8) is 0 Å². The van der Waals surface area contributed by atoms with E-state index in [1.165, 1.54) is 0 Å². The molecule has 0 amide bonds. The second kappa shape index (κ2) is 7.05. The molecular weight excluding hydrogens is 358 g/mol. The van der Waals surface area contributed by atoms with E-state index < -0.39 is 0 Å². The van der Waals surface area contributed by atoms with Gasteiger partial charge < -0.3 is 14.8 Å². The summed E-state index contributed by atoms with van der Waals surface area (Å²) in [6, 6.07) is 0.223. The minimum absolute atomic E-state index is 0.223. The van der Waals surface area contributed by atoms with Gasteiger partial charge >= 0.3 is 0 Å². The van der Waals surface area contributed by atoms with Gasteiger partial charge in [-0.25, -0.2) is 9.67 Å². The predicted octanol–water partition coefficient (Wildman–Crippen LogP) is 2.91. The average molecular weight is 383 g/mol. The van der Waals surface area contributed by atoms with Gasteiger partial charge in [-0.05, 0) is 33.1 Å². The van der Waals surface area contributed by atoms with Crippen LogP contribution in [-0.4, -0.2) is 49.3 Å². The van der Waals surface area contributed by atoms with Crippen molar-refractivity contribution in [2.45, 2.75) is 52.1 Å². The topological polar surface area (TPSA) is 91.9 Å². The molecule has 1 fully saturated rings. The highest BCUT2D eigenvalue weighted by atomic mass is 16.5. The fourth-order valence-corrected chi connectivity index (χ4v) is 3.99. The van der Waals surface area contributed by atoms with Gasteiger partial charge in [0, 0.05) is 25.8 Å². The van der Waals surface area contributed by atoms with Gasteiger partial charge in [-0.2, -0.15) is 10.1 Å². The summed E-state index contributed by atoms with van der Waals surface area (Å²) in [6.45, 7) is 6.86. The fourth-order valence-electron chi connectivity index (χ4n) is 3.99. The zero-order valence-corrected chi connectivity index (χ0v) is 16.3. The van der Waals surface area contributed by atoms with E-state index in [1.807, 2.05) is 22.5 Å². The predicted molar refractivity (Wildman–Crippen MR) is 104 cm³/mol. The molecular formula is C19H25N7O2. The molecule has 3 aromatic heterocycles. The van der Waals surface area contributed by atoms with E-state index >= 15 is 0 Å². The minimum atomic E-state index is 0.223. The molecule has 1 atom stereocenters. The molecule has 5 rings (SSSR count). The van der Waals surface area contributed by atoms with Gasteiger partial charge in [-0.3, -0.25) is 4.68 Å². The molecule has 2 aliphatic heterocycles. The summed E-state index contributed by atoms with van der Waals surface area (Å²) >= 11 is 0. The maximum atomic E-state index is 6.05. The van der Waals surface area contributed by atoms with Crippen LogP contribution in [-0.2, 0) is 11.3 Å². The lowest BCUT2D eigenvalue weighted by molar-refractivity contribution is 0.113. The Labute approximate surface area is 163 Å². The molecule has 0 radical (unpaired) electrons. The monoisotopic (exact) mass is 383 g/mol. The molecule has 0 unspecified atom stereocenters. The van der Waals surface area contributed by atoms with Crippen LogP contribution in [0.15, 0.2) is 6.20 Å². The van der Waals surface area contributed by atoms with Crippen molar-refractivity contribution >= 4 is 22.7 Å². The number of fused-ring (bicyclic) bond motifs is 2. The van der Waals surface area contributed by atoms with Gasteiger partial charge in [0.05, 0.1) is 36.0 Å². The molecule has 5 heterocycles. The molecule has 28 heavy (non-hydrogen) atoms. The Morgan fingerprint density at radius 2 is 2.07 bits per heavy atom. The first-order chi connectivity index (χ1) is 13.7. The number of hydrogen-bond donors (Lipinski definition) is 1. The summed E-state index contributed by atoms with van der Waals surface area (Å²) in [6.07, 6.45) is 5.97. The Morgan fingerprint density at radius 1 is 1.14 bits per heavy atom. The number of hydrogen-bond acceptors (Lipinski definition) is 7. The molecule has 0 aliphatic carbocycles. The third-order valence-electron chi connectivity index (χ3n) is 5.51. The van der Waals surface area contributed by atoms with E-state index in [9.17, 15) is 0 Å². The number of aromatic nitrogens is 6. The van der Waals surface area contributed by atoms with Gasteiger partial charge in [0.25, 0.3) is 5.88 Å². The van der Waals surface area contributed by atoms with Crippen LogP contribution in [0.3, 0.4) is 0 Å². The average Bonchev–Trinajstić information content (AvgIpc) is 3.01. The lowest BCUT2D eigenvalue weighted by atomic mass is 10.1. The first-order valence-corrected chi connectivity index (χ1v) is 9.97. The maximum Gasteiger partial charge on any atom is 0.257 e. The van der Waals surface area contributed by atoms with E-state index in [4.69, 9.17) is 19.6 Å². The molecule has 0 saturated carbocycles. The summed E-state index contributed by atoms with van der Waals surface area (Å²) in [7, 11) is 0. The molecule has 9 heteroatoms. The maximum absolute atomic E-state index is 6.05. The van der Waals surface area contributed by atoms with Crippen LogP contribution in [0.2, 0.25) is 0 Å². The Hall–Kier alpha value is -2.68. The van der Waals surface area contributed by atoms with E-state index in [0.717, 1.165) is 66.9 Å². The molecule has 9 nitrogen and oxygen atoms in total. The van der Waals surface area contributed by atoms with Gasteiger partial charge in [0.15, 0.2) is 5.65 Å². The number of aryl methyl sites for hydroxylation is 2. The van der Waals surface area contributed by atoms with Gasteiger partial charge in [-0.15, -0.1) is 5.10 Å². The molecule has 148 valence electrons. The zero-order valence-electron chi connectivity index (χ0n) is 16.3. The molecule has 0 aromatic carbocycles. The molecule has 1 saturated heterocycles. The molecule has 3 aromatic rings. The van der Waals surface area contributed by atoms with Crippen molar-refractivity contribution in [2.75, 3.05) is 25.1 Å². The van der Waals surface area contributed by atoms with Gasteiger partial charge in [0.2, 0.25) is 5.95 Å². The summed E-state index contributed by atoms with van der Waals surface area (Å²) in [5, 5.41) is 13.7. The van der Waals surface area contributed by atoms with E-state index in [1.54, 1.807) is 0 Å². The Balaban J connectivity index is 1.56. The summed E-state index contributed by atoms with van der Waals surface area (Å²) in [5.41, 5.74) is 3.63. The number of nitrogens with one attached hydrogen (secondary N) is 1. The normalized spacial score (nSPS) is 20.1. The summed E-state index contributed by atoms with van der Waals surface area (Å²) in [5.74, 6) is 1.13. The highest BCUT2D eigenvalue weighted by Gasteiger charge is 2.24. The van der Waals surface area contributed by atoms with Crippen LogP contribution < -0.4 is 10.1 Å². The standard InChI is InChI=1S/C19H25N7O2/c1-12-15-10-20-19-21-16-13(2)26(14-6-3-4-8-27-11-14)24-18(16)28-9-5-7-25(23-12)17(15)22-19/h10,14H,3-9,11H2,1-2H3,(H,20,21,22)/t14-/m0/s1. The first kappa shape index (κ1) is 17.4. The minimum Gasteiger partial charge on any atom is -0.475 e. The van der Waals surface area contributed by atoms with Crippen molar-refractivity contribution in [1.29, 1.82) is 0 Å². The largest absolute Gasteiger partial charge is 0.475 e. The lowest BCUT2D eigenvalue weighted by Gasteiger charge is -2.16. The first-order valence-electron chi connectivity index (χ1n) is 9.97.